The molecule has 2 aromatic rings. The fourth-order valence-corrected chi connectivity index (χ4v) is 2.11. The highest BCUT2D eigenvalue weighted by Gasteiger charge is 2.33. The summed E-state index contributed by atoms with van der Waals surface area (Å²) >= 11 is 5.61. The van der Waals surface area contributed by atoms with Gasteiger partial charge in [-0.05, 0) is 24.3 Å². The number of anilines is 2. The number of halogens is 4. The van der Waals surface area contributed by atoms with Crippen LogP contribution in [0, 0.1) is 0 Å². The Morgan fingerprint density at radius 1 is 1.19 bits per heavy atom. The van der Waals surface area contributed by atoms with Gasteiger partial charge in [-0.3, -0.25) is 9.59 Å². The minimum atomic E-state index is -4.62. The molecule has 1 aromatic heterocycles. The number of alkyl halides is 3. The van der Waals surface area contributed by atoms with Crippen molar-refractivity contribution in [3.8, 4) is 0 Å². The van der Waals surface area contributed by atoms with Crippen molar-refractivity contribution in [2.75, 3.05) is 30.4 Å². The van der Waals surface area contributed by atoms with E-state index in [2.05, 4.69) is 15.5 Å². The zero-order valence-corrected chi connectivity index (χ0v) is 14.7. The molecule has 0 saturated heterocycles. The molecule has 0 saturated carbocycles. The predicted octanol–water partition coefficient (Wildman–Crippen LogP) is 2.77. The van der Waals surface area contributed by atoms with E-state index in [9.17, 15) is 22.8 Å². The van der Waals surface area contributed by atoms with Gasteiger partial charge < -0.3 is 15.0 Å². The van der Waals surface area contributed by atoms with E-state index >= 15 is 0 Å². The smallest absolute Gasteiger partial charge is 0.418 e. The highest BCUT2D eigenvalue weighted by molar-refractivity contribution is 6.29. The van der Waals surface area contributed by atoms with Crippen LogP contribution in [0.15, 0.2) is 36.4 Å². The molecule has 1 aromatic carbocycles. The molecule has 27 heavy (non-hydrogen) atoms. The number of likely N-dealkylation sites (N-methyl/N-ethyl adjacent to an activating group) is 1. The van der Waals surface area contributed by atoms with Crippen molar-refractivity contribution in [2.24, 2.45) is 0 Å². The predicted molar refractivity (Wildman–Crippen MR) is 91.3 cm³/mol. The van der Waals surface area contributed by atoms with Crippen LogP contribution in [0.3, 0.4) is 0 Å². The second-order valence-corrected chi connectivity index (χ2v) is 5.71. The number of ether oxygens (including phenoxy) is 1. The maximum Gasteiger partial charge on any atom is 0.418 e. The molecule has 1 heterocycles. The molecule has 0 aliphatic carbocycles. The average Bonchev–Trinajstić information content (AvgIpc) is 2.60. The second-order valence-electron chi connectivity index (χ2n) is 5.32. The number of amides is 1. The van der Waals surface area contributed by atoms with E-state index in [1.54, 1.807) is 7.05 Å². The van der Waals surface area contributed by atoms with Gasteiger partial charge in [-0.2, -0.15) is 13.2 Å². The quantitative estimate of drug-likeness (QED) is 0.748. The standard InChI is InChI=1S/C16H14ClF3N4O3/c1-24(13-7-6-12(17)22-23-13)8-15(26)27-9-14(25)21-11-5-3-2-4-10(11)16(18,19)20/h2-7H,8-9H2,1H3,(H,21,25). The average molecular weight is 403 g/mol. The number of benzene rings is 1. The summed E-state index contributed by atoms with van der Waals surface area (Å²) in [6.07, 6.45) is -4.62. The van der Waals surface area contributed by atoms with Crippen molar-refractivity contribution in [3.05, 3.63) is 47.1 Å². The number of carbonyl (C=O) groups is 2. The molecule has 0 aliphatic heterocycles. The lowest BCUT2D eigenvalue weighted by molar-refractivity contribution is -0.146. The molecule has 0 unspecified atom stereocenters. The largest absolute Gasteiger partial charge is 0.454 e. The van der Waals surface area contributed by atoms with Crippen molar-refractivity contribution in [1.29, 1.82) is 0 Å². The lowest BCUT2D eigenvalue weighted by atomic mass is 10.1. The second kappa shape index (κ2) is 8.67. The van der Waals surface area contributed by atoms with Crippen LogP contribution in [-0.2, 0) is 20.5 Å². The zero-order chi connectivity index (χ0) is 20.0. The van der Waals surface area contributed by atoms with Crippen molar-refractivity contribution in [1.82, 2.24) is 10.2 Å². The van der Waals surface area contributed by atoms with Gasteiger partial charge in [0.05, 0.1) is 11.3 Å². The topological polar surface area (TPSA) is 84.4 Å². The maximum atomic E-state index is 12.9. The SMILES string of the molecule is CN(CC(=O)OCC(=O)Nc1ccccc1C(F)(F)F)c1ccc(Cl)nn1. The molecule has 144 valence electrons. The monoisotopic (exact) mass is 402 g/mol. The number of carbonyl (C=O) groups excluding carboxylic acids is 2. The van der Waals surface area contributed by atoms with Gasteiger partial charge in [-0.25, -0.2) is 0 Å². The third-order valence-electron chi connectivity index (χ3n) is 3.25. The van der Waals surface area contributed by atoms with Gasteiger partial charge in [-0.1, -0.05) is 23.7 Å². The molecule has 1 N–H and O–H groups in total. The zero-order valence-electron chi connectivity index (χ0n) is 14.0. The van der Waals surface area contributed by atoms with Crippen LogP contribution >= 0.6 is 11.6 Å². The minimum Gasteiger partial charge on any atom is -0.454 e. The molecular weight excluding hydrogens is 389 g/mol. The summed E-state index contributed by atoms with van der Waals surface area (Å²) in [5.74, 6) is -1.32. The summed E-state index contributed by atoms with van der Waals surface area (Å²) in [6.45, 7) is -0.978. The Bertz CT molecular complexity index is 815. The van der Waals surface area contributed by atoms with Crippen LogP contribution in [0.1, 0.15) is 5.56 Å². The number of nitrogens with one attached hydrogen (secondary N) is 1. The van der Waals surface area contributed by atoms with Crippen LogP contribution in [0.25, 0.3) is 0 Å². The normalized spacial score (nSPS) is 11.0. The number of nitrogens with zero attached hydrogens (tertiary/aromatic N) is 3. The number of aromatic nitrogens is 2. The summed E-state index contributed by atoms with van der Waals surface area (Å²) in [4.78, 5) is 25.0. The number of esters is 1. The molecule has 0 aliphatic rings. The highest BCUT2D eigenvalue weighted by atomic mass is 35.5. The third-order valence-corrected chi connectivity index (χ3v) is 3.45. The van der Waals surface area contributed by atoms with Gasteiger partial charge in [-0.15, -0.1) is 10.2 Å². The van der Waals surface area contributed by atoms with E-state index in [0.29, 0.717) is 5.82 Å². The highest BCUT2D eigenvalue weighted by Crippen LogP contribution is 2.34. The van der Waals surface area contributed by atoms with Gasteiger partial charge >= 0.3 is 12.1 Å². The van der Waals surface area contributed by atoms with Gasteiger partial charge in [0.2, 0.25) is 0 Å². The number of hydrogen-bond acceptors (Lipinski definition) is 6. The Balaban J connectivity index is 1.87. The van der Waals surface area contributed by atoms with Gasteiger partial charge in [0, 0.05) is 7.05 Å². The Hall–Kier alpha value is -2.88. The van der Waals surface area contributed by atoms with Gasteiger partial charge in [0.1, 0.15) is 6.54 Å². The summed E-state index contributed by atoms with van der Waals surface area (Å²) in [7, 11) is 1.54. The van der Waals surface area contributed by atoms with E-state index in [1.165, 1.54) is 29.2 Å². The Morgan fingerprint density at radius 3 is 2.52 bits per heavy atom. The fraction of sp³-hybridized carbons (Fsp3) is 0.250. The summed E-state index contributed by atoms with van der Waals surface area (Å²) < 4.78 is 43.4. The van der Waals surface area contributed by atoms with E-state index in [4.69, 9.17) is 16.3 Å². The van der Waals surface area contributed by atoms with Crippen molar-refractivity contribution in [2.45, 2.75) is 6.18 Å². The van der Waals surface area contributed by atoms with E-state index in [-0.39, 0.29) is 11.7 Å². The summed E-state index contributed by atoms with van der Waals surface area (Å²) in [6, 6.07) is 7.51. The molecule has 0 fully saturated rings. The molecular formula is C16H14ClF3N4O3. The molecule has 0 radical (unpaired) electrons. The van der Waals surface area contributed by atoms with E-state index < -0.39 is 35.9 Å². The lowest BCUT2D eigenvalue weighted by Gasteiger charge is -2.16. The van der Waals surface area contributed by atoms with Gasteiger partial charge in [0.15, 0.2) is 17.6 Å². The van der Waals surface area contributed by atoms with Crippen LogP contribution in [0.4, 0.5) is 24.7 Å². The van der Waals surface area contributed by atoms with Crippen molar-refractivity contribution in [3.63, 3.8) is 0 Å². The first-order valence-electron chi connectivity index (χ1n) is 7.49. The minimum absolute atomic E-state index is 0.186. The Morgan fingerprint density at radius 2 is 1.89 bits per heavy atom. The van der Waals surface area contributed by atoms with Crippen molar-refractivity contribution >= 4 is 35.0 Å². The van der Waals surface area contributed by atoms with Crippen molar-refractivity contribution < 1.29 is 27.5 Å². The fourth-order valence-electron chi connectivity index (χ4n) is 2.00. The first-order valence-corrected chi connectivity index (χ1v) is 7.86. The molecule has 2 rings (SSSR count). The molecule has 0 spiro atoms. The molecule has 0 bridgehead atoms. The van der Waals surface area contributed by atoms with Gasteiger partial charge in [0.25, 0.3) is 5.91 Å². The number of para-hydroxylation sites is 1. The van der Waals surface area contributed by atoms with Crippen LogP contribution in [-0.4, -0.2) is 42.3 Å². The summed E-state index contributed by atoms with van der Waals surface area (Å²) in [5.41, 5.74) is -1.41. The summed E-state index contributed by atoms with van der Waals surface area (Å²) in [5, 5.41) is 9.65. The molecule has 11 heteroatoms. The number of rotatable bonds is 6. The molecule has 7 nitrogen and oxygen atoms in total. The lowest BCUT2D eigenvalue weighted by Crippen LogP contribution is -2.30. The van der Waals surface area contributed by atoms with Crippen LogP contribution in [0.5, 0.6) is 0 Å². The Kier molecular flexibility index (Phi) is 6.56. The first kappa shape index (κ1) is 20.4. The first-order chi connectivity index (χ1) is 12.7. The Labute approximate surface area is 157 Å². The van der Waals surface area contributed by atoms with Crippen LogP contribution in [0.2, 0.25) is 5.15 Å². The van der Waals surface area contributed by atoms with E-state index in [1.807, 2.05) is 0 Å². The van der Waals surface area contributed by atoms with Crippen LogP contribution < -0.4 is 10.2 Å². The van der Waals surface area contributed by atoms with E-state index in [0.717, 1.165) is 12.1 Å². The third kappa shape index (κ3) is 6.10. The molecule has 1 amide bonds. The maximum absolute atomic E-state index is 12.9. The number of hydrogen-bond donors (Lipinski definition) is 1. The molecule has 0 atom stereocenters.